The average Bonchev–Trinajstić information content (AvgIpc) is 2.55. The first-order valence-corrected chi connectivity index (χ1v) is 8.62. The topological polar surface area (TPSA) is 78.7 Å². The lowest BCUT2D eigenvalue weighted by atomic mass is 10.1. The fraction of sp³-hybridized carbons (Fsp3) is 0.278. The number of carbonyl (C=O) groups excluding carboxylic acids is 1. The van der Waals surface area contributed by atoms with Gasteiger partial charge in [-0.15, -0.1) is 0 Å². The summed E-state index contributed by atoms with van der Waals surface area (Å²) >= 11 is 3.18. The number of unbranched alkanes of at least 4 members (excludes halogenated alkanes) is 1. The number of para-hydroxylation sites is 1. The number of nitro groups is 1. The molecule has 0 fully saturated rings. The lowest BCUT2D eigenvalue weighted by molar-refractivity contribution is -0.386. The highest BCUT2D eigenvalue weighted by molar-refractivity contribution is 9.10. The molecule has 25 heavy (non-hydrogen) atoms. The maximum Gasteiger partial charge on any atom is 0.347 e. The molecule has 0 bridgehead atoms. The number of hydrogen-bond donors (Lipinski definition) is 0. The van der Waals surface area contributed by atoms with E-state index in [0.29, 0.717) is 12.4 Å². The molecule has 0 saturated carbocycles. The minimum Gasteiger partial charge on any atom is -0.493 e. The molecule has 2 aromatic rings. The summed E-state index contributed by atoms with van der Waals surface area (Å²) in [6, 6.07) is 9.99. The second kappa shape index (κ2) is 8.62. The van der Waals surface area contributed by atoms with Crippen LogP contribution in [0, 0.1) is 17.0 Å². The zero-order chi connectivity index (χ0) is 18.4. The number of benzene rings is 2. The number of hydrogen-bond acceptors (Lipinski definition) is 5. The summed E-state index contributed by atoms with van der Waals surface area (Å²) in [6.45, 7) is 3.94. The molecule has 7 heteroatoms. The van der Waals surface area contributed by atoms with Crippen molar-refractivity contribution < 1.29 is 19.2 Å². The molecule has 6 nitrogen and oxygen atoms in total. The van der Waals surface area contributed by atoms with Crippen molar-refractivity contribution in [2.24, 2.45) is 0 Å². The molecule has 0 aliphatic carbocycles. The van der Waals surface area contributed by atoms with Crippen LogP contribution in [0.3, 0.4) is 0 Å². The van der Waals surface area contributed by atoms with Crippen LogP contribution >= 0.6 is 15.9 Å². The second-order valence-electron chi connectivity index (χ2n) is 5.37. The SMILES string of the molecule is CCCCOc1cc(Br)c([N+](=O)[O-])c(C)c1C(=O)Oc1ccccc1. The molecule has 0 N–H and O–H groups in total. The summed E-state index contributed by atoms with van der Waals surface area (Å²) in [4.78, 5) is 23.4. The van der Waals surface area contributed by atoms with Gasteiger partial charge in [0.25, 0.3) is 5.69 Å². The summed E-state index contributed by atoms with van der Waals surface area (Å²) in [5.41, 5.74) is 0.0875. The maximum absolute atomic E-state index is 12.6. The van der Waals surface area contributed by atoms with Crippen molar-refractivity contribution >= 4 is 27.6 Å². The third-order valence-corrected chi connectivity index (χ3v) is 4.16. The van der Waals surface area contributed by atoms with Crippen molar-refractivity contribution in [3.8, 4) is 11.5 Å². The summed E-state index contributed by atoms with van der Waals surface area (Å²) in [5.74, 6) is -0.0628. The standard InChI is InChI=1S/C18H18BrNO5/c1-3-4-10-24-15-11-14(19)17(20(22)23)12(2)16(15)18(21)25-13-8-6-5-7-9-13/h5-9,11H,3-4,10H2,1-2H3. The van der Waals surface area contributed by atoms with Gasteiger partial charge in [0, 0.05) is 11.6 Å². The van der Waals surface area contributed by atoms with Gasteiger partial charge in [0.15, 0.2) is 0 Å². The molecule has 0 amide bonds. The molecular weight excluding hydrogens is 390 g/mol. The van der Waals surface area contributed by atoms with Gasteiger partial charge in [-0.1, -0.05) is 31.5 Å². The van der Waals surface area contributed by atoms with Gasteiger partial charge in [0.05, 0.1) is 16.0 Å². The number of halogens is 1. The van der Waals surface area contributed by atoms with Crippen molar-refractivity contribution in [3.63, 3.8) is 0 Å². The van der Waals surface area contributed by atoms with Crippen molar-refractivity contribution in [1.82, 2.24) is 0 Å². The number of nitro benzene ring substituents is 1. The predicted octanol–water partition coefficient (Wildman–Crippen LogP) is 5.06. The molecule has 0 aromatic heterocycles. The van der Waals surface area contributed by atoms with Gasteiger partial charge in [-0.2, -0.15) is 0 Å². The first-order chi connectivity index (χ1) is 12.0. The van der Waals surface area contributed by atoms with Gasteiger partial charge < -0.3 is 9.47 Å². The second-order valence-corrected chi connectivity index (χ2v) is 6.22. The molecule has 2 aromatic carbocycles. The Morgan fingerprint density at radius 3 is 2.56 bits per heavy atom. The van der Waals surface area contributed by atoms with E-state index in [0.717, 1.165) is 12.8 Å². The first-order valence-electron chi connectivity index (χ1n) is 7.83. The van der Waals surface area contributed by atoms with Crippen LogP contribution in [0.25, 0.3) is 0 Å². The number of carbonyl (C=O) groups is 1. The Hall–Kier alpha value is -2.41. The van der Waals surface area contributed by atoms with E-state index >= 15 is 0 Å². The minimum absolute atomic E-state index is 0.0647. The lowest BCUT2D eigenvalue weighted by Crippen LogP contribution is -2.14. The van der Waals surface area contributed by atoms with E-state index in [1.54, 1.807) is 30.3 Å². The van der Waals surface area contributed by atoms with Crippen LogP contribution in [-0.2, 0) is 0 Å². The molecule has 0 unspecified atom stereocenters. The van der Waals surface area contributed by atoms with Crippen molar-refractivity contribution in [1.29, 1.82) is 0 Å². The summed E-state index contributed by atoms with van der Waals surface area (Å²) in [6.07, 6.45) is 1.73. The quantitative estimate of drug-likeness (QED) is 0.210. The Bertz CT molecular complexity index is 777. The lowest BCUT2D eigenvalue weighted by Gasteiger charge is -2.14. The highest BCUT2D eigenvalue weighted by Crippen LogP contribution is 2.37. The minimum atomic E-state index is -0.689. The average molecular weight is 408 g/mol. The van der Waals surface area contributed by atoms with E-state index in [4.69, 9.17) is 9.47 Å². The highest BCUT2D eigenvalue weighted by Gasteiger charge is 2.28. The number of rotatable bonds is 7. The molecule has 0 aliphatic heterocycles. The molecule has 132 valence electrons. The first kappa shape index (κ1) is 18.9. The Morgan fingerprint density at radius 2 is 1.96 bits per heavy atom. The van der Waals surface area contributed by atoms with Crippen LogP contribution in [0.15, 0.2) is 40.9 Å². The van der Waals surface area contributed by atoms with E-state index in [1.807, 2.05) is 6.92 Å². The van der Waals surface area contributed by atoms with Crippen LogP contribution in [0.4, 0.5) is 5.69 Å². The van der Waals surface area contributed by atoms with Crippen molar-refractivity contribution in [2.45, 2.75) is 26.7 Å². The van der Waals surface area contributed by atoms with Crippen molar-refractivity contribution in [2.75, 3.05) is 6.61 Å². The monoisotopic (exact) mass is 407 g/mol. The zero-order valence-corrected chi connectivity index (χ0v) is 15.5. The molecule has 0 aliphatic rings. The van der Waals surface area contributed by atoms with Gasteiger partial charge in [-0.05, 0) is 41.4 Å². The molecule has 0 saturated heterocycles. The zero-order valence-electron chi connectivity index (χ0n) is 14.0. The molecule has 0 heterocycles. The Balaban J connectivity index is 2.45. The largest absolute Gasteiger partial charge is 0.493 e. The number of esters is 1. The molecule has 2 rings (SSSR count). The highest BCUT2D eigenvalue weighted by atomic mass is 79.9. The Kier molecular flexibility index (Phi) is 6.52. The van der Waals surface area contributed by atoms with Gasteiger partial charge in [-0.3, -0.25) is 10.1 Å². The number of nitrogens with zero attached hydrogens (tertiary/aromatic N) is 1. The Morgan fingerprint density at radius 1 is 1.28 bits per heavy atom. The summed E-state index contributed by atoms with van der Waals surface area (Å²) in [7, 11) is 0. The van der Waals surface area contributed by atoms with Crippen LogP contribution < -0.4 is 9.47 Å². The number of ether oxygens (including phenoxy) is 2. The molecule has 0 radical (unpaired) electrons. The third-order valence-electron chi connectivity index (χ3n) is 3.56. The fourth-order valence-corrected chi connectivity index (χ4v) is 2.95. The van der Waals surface area contributed by atoms with E-state index in [9.17, 15) is 14.9 Å². The molecule has 0 spiro atoms. The van der Waals surface area contributed by atoms with E-state index in [-0.39, 0.29) is 27.0 Å². The fourth-order valence-electron chi connectivity index (χ4n) is 2.30. The Labute approximate surface area is 154 Å². The van der Waals surface area contributed by atoms with Crippen LogP contribution in [0.5, 0.6) is 11.5 Å². The van der Waals surface area contributed by atoms with Gasteiger partial charge in [0.2, 0.25) is 0 Å². The van der Waals surface area contributed by atoms with Crippen molar-refractivity contribution in [3.05, 3.63) is 62.1 Å². The predicted molar refractivity (Wildman–Crippen MR) is 97.3 cm³/mol. The summed E-state index contributed by atoms with van der Waals surface area (Å²) in [5, 5.41) is 11.3. The summed E-state index contributed by atoms with van der Waals surface area (Å²) < 4.78 is 11.3. The third kappa shape index (κ3) is 4.57. The van der Waals surface area contributed by atoms with Gasteiger partial charge >= 0.3 is 5.97 Å². The molecule has 0 atom stereocenters. The molecular formula is C18H18BrNO5. The van der Waals surface area contributed by atoms with E-state index < -0.39 is 10.9 Å². The normalized spacial score (nSPS) is 10.4. The van der Waals surface area contributed by atoms with Crippen LogP contribution in [0.1, 0.15) is 35.7 Å². The van der Waals surface area contributed by atoms with E-state index in [1.165, 1.54) is 13.0 Å². The van der Waals surface area contributed by atoms with E-state index in [2.05, 4.69) is 15.9 Å². The van der Waals surface area contributed by atoms with Crippen LogP contribution in [-0.4, -0.2) is 17.5 Å². The van der Waals surface area contributed by atoms with Gasteiger partial charge in [0.1, 0.15) is 17.1 Å². The van der Waals surface area contributed by atoms with Gasteiger partial charge in [-0.25, -0.2) is 4.79 Å². The maximum atomic E-state index is 12.6. The smallest absolute Gasteiger partial charge is 0.347 e. The van der Waals surface area contributed by atoms with Crippen LogP contribution in [0.2, 0.25) is 0 Å².